The van der Waals surface area contributed by atoms with Crippen molar-refractivity contribution in [2.45, 2.75) is 38.3 Å². The smallest absolute Gasteiger partial charge is 0.241 e. The van der Waals surface area contributed by atoms with Crippen LogP contribution in [0.15, 0.2) is 12.4 Å². The lowest BCUT2D eigenvalue weighted by molar-refractivity contribution is -0.122. The van der Waals surface area contributed by atoms with Gasteiger partial charge in [-0.1, -0.05) is 0 Å². The van der Waals surface area contributed by atoms with Gasteiger partial charge in [0.2, 0.25) is 15.9 Å². The minimum Gasteiger partial charge on any atom is -0.352 e. The fraction of sp³-hybridized carbons (Fsp3) is 0.667. The molecule has 0 atom stereocenters. The zero-order valence-corrected chi connectivity index (χ0v) is 13.2. The van der Waals surface area contributed by atoms with Gasteiger partial charge < -0.3 is 5.32 Å². The van der Waals surface area contributed by atoms with Crippen molar-refractivity contribution < 1.29 is 13.2 Å². The van der Waals surface area contributed by atoms with E-state index in [4.69, 9.17) is 11.6 Å². The third-order valence-electron chi connectivity index (χ3n) is 2.95. The van der Waals surface area contributed by atoms with Crippen LogP contribution in [-0.2, 0) is 21.4 Å². The van der Waals surface area contributed by atoms with Gasteiger partial charge >= 0.3 is 0 Å². The molecule has 1 aromatic heterocycles. The van der Waals surface area contributed by atoms with E-state index in [9.17, 15) is 13.2 Å². The maximum atomic E-state index is 11.8. The normalized spacial score (nSPS) is 14.9. The molecule has 0 aromatic carbocycles. The second kappa shape index (κ2) is 7.13. The Bertz CT molecular complexity index is 583. The number of halogens is 1. The number of rotatable bonds is 9. The molecule has 0 unspecified atom stereocenters. The van der Waals surface area contributed by atoms with Gasteiger partial charge in [-0.15, -0.1) is 11.6 Å². The predicted molar refractivity (Wildman–Crippen MR) is 80.8 cm³/mol. The number of nitrogens with zero attached hydrogens (tertiary/aromatic N) is 2. The molecule has 1 aromatic rings. The summed E-state index contributed by atoms with van der Waals surface area (Å²) < 4.78 is 27.4. The first-order chi connectivity index (χ1) is 9.98. The molecular formula is C12H19ClN4O3S. The fourth-order valence-electron chi connectivity index (χ4n) is 1.77. The van der Waals surface area contributed by atoms with Crippen molar-refractivity contribution >= 4 is 33.2 Å². The second-order valence-corrected chi connectivity index (χ2v) is 7.31. The van der Waals surface area contributed by atoms with Crippen molar-refractivity contribution in [3.05, 3.63) is 12.4 Å². The summed E-state index contributed by atoms with van der Waals surface area (Å²) in [6.45, 7) is 0.0878. The third kappa shape index (κ3) is 5.92. The lowest BCUT2D eigenvalue weighted by Gasteiger charge is -2.05. The maximum absolute atomic E-state index is 11.8. The van der Waals surface area contributed by atoms with E-state index in [-0.39, 0.29) is 18.2 Å². The Morgan fingerprint density at radius 2 is 2.19 bits per heavy atom. The van der Waals surface area contributed by atoms with Crippen LogP contribution >= 0.6 is 11.6 Å². The predicted octanol–water partition coefficient (Wildman–Crippen LogP) is 0.922. The standard InChI is InChI=1S/C12H19ClN4O3S/c13-5-1-2-6-21(19,20)16-11-7-14-17(8-11)9-12(18)15-10-3-4-10/h7-8,10,16H,1-6,9H2,(H,15,18). The van der Waals surface area contributed by atoms with E-state index in [0.717, 1.165) is 12.8 Å². The topological polar surface area (TPSA) is 93.1 Å². The number of sulfonamides is 1. The first kappa shape index (κ1) is 16.1. The molecule has 0 spiro atoms. The molecule has 0 saturated heterocycles. The number of carbonyl (C=O) groups excluding carboxylic acids is 1. The van der Waals surface area contributed by atoms with Crippen LogP contribution in [0.3, 0.4) is 0 Å². The minimum absolute atomic E-state index is 0.0209. The van der Waals surface area contributed by atoms with Gasteiger partial charge in [-0.05, 0) is 25.7 Å². The molecule has 21 heavy (non-hydrogen) atoms. The van der Waals surface area contributed by atoms with E-state index in [2.05, 4.69) is 15.1 Å². The molecule has 9 heteroatoms. The summed E-state index contributed by atoms with van der Waals surface area (Å²) in [4.78, 5) is 11.6. The van der Waals surface area contributed by atoms with Crippen LogP contribution in [0, 0.1) is 0 Å². The molecule has 7 nitrogen and oxygen atoms in total. The highest BCUT2D eigenvalue weighted by Gasteiger charge is 2.23. The van der Waals surface area contributed by atoms with Gasteiger partial charge in [-0.25, -0.2) is 8.42 Å². The average molecular weight is 335 g/mol. The van der Waals surface area contributed by atoms with Gasteiger partial charge in [-0.3, -0.25) is 14.2 Å². The van der Waals surface area contributed by atoms with Crippen LogP contribution in [0.5, 0.6) is 0 Å². The maximum Gasteiger partial charge on any atom is 0.241 e. The summed E-state index contributed by atoms with van der Waals surface area (Å²) in [7, 11) is -3.39. The van der Waals surface area contributed by atoms with Crippen LogP contribution < -0.4 is 10.0 Å². The zero-order chi connectivity index (χ0) is 15.3. The van der Waals surface area contributed by atoms with Crippen molar-refractivity contribution in [1.82, 2.24) is 15.1 Å². The molecule has 1 heterocycles. The van der Waals surface area contributed by atoms with Crippen molar-refractivity contribution in [3.8, 4) is 0 Å². The van der Waals surface area contributed by atoms with Crippen molar-refractivity contribution in [2.75, 3.05) is 16.4 Å². The van der Waals surface area contributed by atoms with Crippen LogP contribution in [0.2, 0.25) is 0 Å². The summed E-state index contributed by atoms with van der Waals surface area (Å²) in [5.74, 6) is 0.355. The number of unbranched alkanes of at least 4 members (excludes halogenated alkanes) is 1. The van der Waals surface area contributed by atoms with E-state index in [0.29, 0.717) is 30.5 Å². The molecule has 2 N–H and O–H groups in total. The number of carbonyl (C=O) groups is 1. The summed E-state index contributed by atoms with van der Waals surface area (Å²) in [6, 6.07) is 0.299. The number of aromatic nitrogens is 2. The lowest BCUT2D eigenvalue weighted by atomic mass is 10.4. The first-order valence-corrected chi connectivity index (χ1v) is 9.05. The number of anilines is 1. The van der Waals surface area contributed by atoms with Gasteiger partial charge in [0.05, 0.1) is 17.6 Å². The number of amides is 1. The summed E-state index contributed by atoms with van der Waals surface area (Å²) >= 11 is 5.52. The summed E-state index contributed by atoms with van der Waals surface area (Å²) in [5.41, 5.74) is 0.361. The van der Waals surface area contributed by atoms with Gasteiger partial charge in [0.15, 0.2) is 0 Å². The highest BCUT2D eigenvalue weighted by atomic mass is 35.5. The lowest BCUT2D eigenvalue weighted by Crippen LogP contribution is -2.29. The Labute approximate surface area is 129 Å². The minimum atomic E-state index is -3.39. The molecule has 1 fully saturated rings. The van der Waals surface area contributed by atoms with E-state index in [1.807, 2.05) is 0 Å². The van der Waals surface area contributed by atoms with Crippen molar-refractivity contribution in [1.29, 1.82) is 0 Å². The van der Waals surface area contributed by atoms with Crippen molar-refractivity contribution in [3.63, 3.8) is 0 Å². The number of nitrogens with one attached hydrogen (secondary N) is 2. The van der Waals surface area contributed by atoms with E-state index in [1.165, 1.54) is 17.1 Å². The molecule has 118 valence electrons. The van der Waals surface area contributed by atoms with Crippen LogP contribution in [0.4, 0.5) is 5.69 Å². The Kier molecular flexibility index (Phi) is 5.46. The van der Waals surface area contributed by atoms with Crippen molar-refractivity contribution in [2.24, 2.45) is 0 Å². The van der Waals surface area contributed by atoms with Gasteiger partial charge in [0.25, 0.3) is 0 Å². The fourth-order valence-corrected chi connectivity index (χ4v) is 3.11. The second-order valence-electron chi connectivity index (χ2n) is 5.09. The summed E-state index contributed by atoms with van der Waals surface area (Å²) in [5, 5.41) is 6.82. The highest BCUT2D eigenvalue weighted by molar-refractivity contribution is 7.92. The Balaban J connectivity index is 1.82. The van der Waals surface area contributed by atoms with Crippen LogP contribution in [0.25, 0.3) is 0 Å². The van der Waals surface area contributed by atoms with Crippen LogP contribution in [-0.4, -0.2) is 41.8 Å². The zero-order valence-electron chi connectivity index (χ0n) is 11.6. The monoisotopic (exact) mass is 334 g/mol. The van der Waals surface area contributed by atoms with E-state index in [1.54, 1.807) is 0 Å². The Morgan fingerprint density at radius 1 is 1.43 bits per heavy atom. The molecule has 1 saturated carbocycles. The molecule has 1 aliphatic carbocycles. The number of alkyl halides is 1. The first-order valence-electron chi connectivity index (χ1n) is 6.87. The Morgan fingerprint density at radius 3 is 2.86 bits per heavy atom. The molecule has 0 bridgehead atoms. The number of hydrogen-bond donors (Lipinski definition) is 2. The molecule has 0 aliphatic heterocycles. The molecule has 0 radical (unpaired) electrons. The van der Waals surface area contributed by atoms with E-state index < -0.39 is 10.0 Å². The van der Waals surface area contributed by atoms with E-state index >= 15 is 0 Å². The van der Waals surface area contributed by atoms with Gasteiger partial charge in [0.1, 0.15) is 6.54 Å². The molecule has 1 amide bonds. The largest absolute Gasteiger partial charge is 0.352 e. The number of hydrogen-bond acceptors (Lipinski definition) is 4. The van der Waals surface area contributed by atoms with Gasteiger partial charge in [-0.2, -0.15) is 5.10 Å². The molecule has 1 aliphatic rings. The van der Waals surface area contributed by atoms with Gasteiger partial charge in [0, 0.05) is 18.1 Å². The molecule has 2 rings (SSSR count). The molecular weight excluding hydrogens is 316 g/mol. The average Bonchev–Trinajstić information content (AvgIpc) is 3.09. The summed E-state index contributed by atoms with van der Waals surface area (Å²) in [6.07, 6.45) is 6.12. The SMILES string of the molecule is O=C(Cn1cc(NS(=O)(=O)CCCCCl)cn1)NC1CC1. The Hall–Kier alpha value is -1.28. The third-order valence-corrected chi connectivity index (χ3v) is 4.59. The quantitative estimate of drug-likeness (QED) is 0.519. The highest BCUT2D eigenvalue weighted by Crippen LogP contribution is 2.18. The van der Waals surface area contributed by atoms with Crippen LogP contribution in [0.1, 0.15) is 25.7 Å².